The summed E-state index contributed by atoms with van der Waals surface area (Å²) in [6, 6.07) is 16.6. The number of rotatable bonds is 7. The van der Waals surface area contributed by atoms with Gasteiger partial charge in [-0.3, -0.25) is 4.79 Å². The second-order valence-corrected chi connectivity index (χ2v) is 8.65. The highest BCUT2D eigenvalue weighted by Crippen LogP contribution is 2.27. The van der Waals surface area contributed by atoms with Crippen molar-refractivity contribution in [1.29, 1.82) is 0 Å². The molecule has 2 aromatic carbocycles. The minimum absolute atomic E-state index is 0.0367. The normalized spacial score (nSPS) is 11.9. The van der Waals surface area contributed by atoms with Gasteiger partial charge in [0.25, 0.3) is 5.91 Å². The van der Waals surface area contributed by atoms with Gasteiger partial charge in [0, 0.05) is 19.4 Å². The van der Waals surface area contributed by atoms with Crippen LogP contribution in [0.25, 0.3) is 16.4 Å². The average molecular weight is 489 g/mol. The van der Waals surface area contributed by atoms with E-state index in [0.717, 1.165) is 10.4 Å². The van der Waals surface area contributed by atoms with Gasteiger partial charge in [0.2, 0.25) is 5.82 Å². The zero-order valence-electron chi connectivity index (χ0n) is 18.9. The third kappa shape index (κ3) is 4.56. The van der Waals surface area contributed by atoms with E-state index in [1.165, 1.54) is 28.2 Å². The molecule has 0 saturated heterocycles. The number of imidazole rings is 1. The SMILES string of the molecule is COc1ccc(C(NC(=O)c2nc(-c3cccs3)n(-c3cccc(F)c3)n2)c2nccn2C)cc1. The van der Waals surface area contributed by atoms with Gasteiger partial charge in [0.1, 0.15) is 23.4 Å². The molecule has 1 N–H and O–H groups in total. The smallest absolute Gasteiger partial charge is 0.291 e. The quantitative estimate of drug-likeness (QED) is 0.367. The molecule has 176 valence electrons. The second-order valence-electron chi connectivity index (χ2n) is 7.70. The molecular weight excluding hydrogens is 467 g/mol. The maximum Gasteiger partial charge on any atom is 0.291 e. The highest BCUT2D eigenvalue weighted by atomic mass is 32.1. The predicted octanol–water partition coefficient (Wildman–Crippen LogP) is 4.40. The average Bonchev–Trinajstić information content (AvgIpc) is 3.63. The van der Waals surface area contributed by atoms with Crippen molar-refractivity contribution in [2.45, 2.75) is 6.04 Å². The van der Waals surface area contributed by atoms with Crippen LogP contribution in [0.3, 0.4) is 0 Å². The van der Waals surface area contributed by atoms with Crippen molar-refractivity contribution < 1.29 is 13.9 Å². The first-order valence-corrected chi connectivity index (χ1v) is 11.6. The number of halogens is 1. The number of benzene rings is 2. The Hall–Kier alpha value is -4.31. The van der Waals surface area contributed by atoms with E-state index in [1.807, 2.05) is 59.6 Å². The number of hydrogen-bond acceptors (Lipinski definition) is 6. The lowest BCUT2D eigenvalue weighted by molar-refractivity contribution is 0.0930. The number of nitrogens with one attached hydrogen (secondary N) is 1. The Balaban J connectivity index is 1.53. The lowest BCUT2D eigenvalue weighted by atomic mass is 10.1. The molecule has 3 aromatic heterocycles. The van der Waals surface area contributed by atoms with Gasteiger partial charge < -0.3 is 14.6 Å². The van der Waals surface area contributed by atoms with Crippen molar-refractivity contribution in [3.8, 4) is 22.1 Å². The molecule has 5 aromatic rings. The molecule has 5 rings (SSSR count). The zero-order chi connectivity index (χ0) is 24.4. The molecule has 0 spiro atoms. The van der Waals surface area contributed by atoms with E-state index in [-0.39, 0.29) is 5.82 Å². The molecule has 0 aliphatic carbocycles. The number of aryl methyl sites for hydroxylation is 1. The Kier molecular flexibility index (Phi) is 6.11. The molecule has 3 heterocycles. The van der Waals surface area contributed by atoms with Gasteiger partial charge in [-0.25, -0.2) is 19.0 Å². The zero-order valence-corrected chi connectivity index (χ0v) is 19.7. The molecule has 35 heavy (non-hydrogen) atoms. The number of methoxy groups -OCH3 is 1. The molecular formula is C25H21FN6O2S. The Morgan fingerprint density at radius 1 is 1.14 bits per heavy atom. The van der Waals surface area contributed by atoms with E-state index >= 15 is 0 Å². The van der Waals surface area contributed by atoms with Gasteiger partial charge in [0.15, 0.2) is 5.82 Å². The fourth-order valence-corrected chi connectivity index (χ4v) is 4.40. The molecule has 0 aliphatic rings. The molecule has 1 amide bonds. The van der Waals surface area contributed by atoms with E-state index < -0.39 is 17.8 Å². The van der Waals surface area contributed by atoms with E-state index in [2.05, 4.69) is 20.4 Å². The van der Waals surface area contributed by atoms with Crippen LogP contribution in [-0.4, -0.2) is 37.3 Å². The third-order valence-electron chi connectivity index (χ3n) is 5.45. The highest BCUT2D eigenvalue weighted by molar-refractivity contribution is 7.13. The number of hydrogen-bond donors (Lipinski definition) is 1. The Bertz CT molecular complexity index is 1460. The number of nitrogens with zero attached hydrogens (tertiary/aromatic N) is 5. The summed E-state index contributed by atoms with van der Waals surface area (Å²) in [4.78, 5) is 23.2. The molecule has 0 bridgehead atoms. The number of carbonyl (C=O) groups excluding carboxylic acids is 1. The van der Waals surface area contributed by atoms with Crippen LogP contribution in [0, 0.1) is 5.82 Å². The molecule has 8 nitrogen and oxygen atoms in total. The number of carbonyl (C=O) groups is 1. The van der Waals surface area contributed by atoms with E-state index in [1.54, 1.807) is 25.4 Å². The minimum atomic E-state index is -0.556. The van der Waals surface area contributed by atoms with Gasteiger partial charge in [0.05, 0.1) is 17.7 Å². The van der Waals surface area contributed by atoms with Gasteiger partial charge in [-0.2, -0.15) is 0 Å². The number of ether oxygens (including phenoxy) is 1. The molecule has 0 fully saturated rings. The van der Waals surface area contributed by atoms with Crippen LogP contribution in [-0.2, 0) is 7.05 Å². The molecule has 10 heteroatoms. The van der Waals surface area contributed by atoms with E-state index in [0.29, 0.717) is 23.1 Å². The second kappa shape index (κ2) is 9.51. The van der Waals surface area contributed by atoms with Crippen molar-refractivity contribution >= 4 is 17.2 Å². The van der Waals surface area contributed by atoms with Crippen molar-refractivity contribution in [3.05, 3.63) is 101 Å². The summed E-state index contributed by atoms with van der Waals surface area (Å²) in [7, 11) is 3.45. The van der Waals surface area contributed by atoms with Crippen LogP contribution < -0.4 is 10.1 Å². The Morgan fingerprint density at radius 2 is 1.97 bits per heavy atom. The highest BCUT2D eigenvalue weighted by Gasteiger charge is 2.25. The predicted molar refractivity (Wildman–Crippen MR) is 130 cm³/mol. The Labute approximate surface area is 204 Å². The maximum atomic E-state index is 13.9. The summed E-state index contributed by atoms with van der Waals surface area (Å²) in [5.74, 6) is 0.873. The largest absolute Gasteiger partial charge is 0.497 e. The van der Waals surface area contributed by atoms with Crippen molar-refractivity contribution in [2.24, 2.45) is 7.05 Å². The standard InChI is InChI=1S/C25H21FN6O2S/c1-31-13-12-27-24(31)21(16-8-10-19(34-2)11-9-16)28-25(33)22-29-23(20-7-4-14-35-20)32(30-22)18-6-3-5-17(26)15-18/h3-15,21H,1-2H3,(H,28,33). The van der Waals surface area contributed by atoms with Gasteiger partial charge in [-0.1, -0.05) is 24.3 Å². The first-order valence-electron chi connectivity index (χ1n) is 10.7. The van der Waals surface area contributed by atoms with Crippen LogP contribution in [0.2, 0.25) is 0 Å². The van der Waals surface area contributed by atoms with Crippen LogP contribution in [0.4, 0.5) is 4.39 Å². The lowest BCUT2D eigenvalue weighted by Crippen LogP contribution is -2.32. The summed E-state index contributed by atoms with van der Waals surface area (Å²) in [5.41, 5.74) is 1.28. The number of aromatic nitrogens is 5. The topological polar surface area (TPSA) is 86.9 Å². The monoisotopic (exact) mass is 488 g/mol. The van der Waals surface area contributed by atoms with Crippen molar-refractivity contribution in [3.63, 3.8) is 0 Å². The number of thiophene rings is 1. The van der Waals surface area contributed by atoms with E-state index in [4.69, 9.17) is 4.74 Å². The van der Waals surface area contributed by atoms with Gasteiger partial charge in [-0.15, -0.1) is 16.4 Å². The van der Waals surface area contributed by atoms with Gasteiger partial charge in [-0.05, 0) is 47.3 Å². The summed E-state index contributed by atoms with van der Waals surface area (Å²) >= 11 is 1.45. The molecule has 0 saturated carbocycles. The third-order valence-corrected chi connectivity index (χ3v) is 6.31. The fraction of sp³-hybridized carbons (Fsp3) is 0.120. The summed E-state index contributed by atoms with van der Waals surface area (Å²) in [6.45, 7) is 0. The number of amides is 1. The van der Waals surface area contributed by atoms with Gasteiger partial charge >= 0.3 is 0 Å². The molecule has 0 radical (unpaired) electrons. The first-order chi connectivity index (χ1) is 17.0. The molecule has 1 unspecified atom stereocenters. The maximum absolute atomic E-state index is 13.9. The summed E-state index contributed by atoms with van der Waals surface area (Å²) < 4.78 is 22.5. The minimum Gasteiger partial charge on any atom is -0.497 e. The lowest BCUT2D eigenvalue weighted by Gasteiger charge is -2.18. The van der Waals surface area contributed by atoms with Crippen LogP contribution >= 0.6 is 11.3 Å². The Morgan fingerprint density at radius 3 is 2.63 bits per heavy atom. The molecule has 0 aliphatic heterocycles. The summed E-state index contributed by atoms with van der Waals surface area (Å²) in [5, 5.41) is 9.35. The van der Waals surface area contributed by atoms with Crippen molar-refractivity contribution in [1.82, 2.24) is 29.6 Å². The first kappa shape index (κ1) is 22.5. The van der Waals surface area contributed by atoms with E-state index in [9.17, 15) is 9.18 Å². The van der Waals surface area contributed by atoms with Crippen LogP contribution in [0.15, 0.2) is 78.4 Å². The van der Waals surface area contributed by atoms with Crippen molar-refractivity contribution in [2.75, 3.05) is 7.11 Å². The van der Waals surface area contributed by atoms with Crippen LogP contribution in [0.1, 0.15) is 28.0 Å². The fourth-order valence-electron chi connectivity index (χ4n) is 3.71. The van der Waals surface area contributed by atoms with Crippen LogP contribution in [0.5, 0.6) is 5.75 Å². The summed E-state index contributed by atoms with van der Waals surface area (Å²) in [6.07, 6.45) is 3.48. The molecule has 1 atom stereocenters.